The third-order valence-corrected chi connectivity index (χ3v) is 16.2. The van der Waals surface area contributed by atoms with Crippen molar-refractivity contribution in [3.63, 3.8) is 0 Å². The fourth-order valence-corrected chi connectivity index (χ4v) is 12.3. The molecule has 0 N–H and O–H groups in total. The number of hydrogen-bond donors (Lipinski definition) is 0. The predicted octanol–water partition coefficient (Wildman–Crippen LogP) is 7.71. The Balaban J connectivity index is 1.66. The summed E-state index contributed by atoms with van der Waals surface area (Å²) in [5.41, 5.74) is 1.27. The van der Waals surface area contributed by atoms with Gasteiger partial charge in [-0.15, -0.1) is 0 Å². The Bertz CT molecular complexity index is 1020. The Morgan fingerprint density at radius 2 is 0.938 bits per heavy atom. The van der Waals surface area contributed by atoms with E-state index in [0.717, 1.165) is 19.0 Å². The van der Waals surface area contributed by atoms with Gasteiger partial charge in [-0.2, -0.15) is 0 Å². The first-order valence-corrected chi connectivity index (χ1v) is 15.8. The maximum absolute atomic E-state index is 4.54. The topological polar surface area (TPSA) is 0 Å². The third-order valence-electron chi connectivity index (χ3n) is 6.19. The first kappa shape index (κ1) is 22.7. The molecular formula is C30H30BrP. The number of hydrogen-bond acceptors (Lipinski definition) is 0. The van der Waals surface area contributed by atoms with Crippen LogP contribution in [0.15, 0.2) is 127 Å². The van der Waals surface area contributed by atoms with Gasteiger partial charge in [0.15, 0.2) is 0 Å². The van der Waals surface area contributed by atoms with Crippen LogP contribution in [0.4, 0.5) is 0 Å². The van der Waals surface area contributed by atoms with Crippen LogP contribution < -0.4 is 15.9 Å². The van der Waals surface area contributed by atoms with Crippen LogP contribution in [0.3, 0.4) is 0 Å². The van der Waals surface area contributed by atoms with E-state index in [-0.39, 0.29) is 0 Å². The monoisotopic (exact) mass is 500 g/mol. The standard InChI is InChI=1S/C30H30BrP/c31-32(28-20-10-4-11-21-28,29-22-12-5-13-23-29,30-24-14-6-15-25-30)26-16-2-1-7-17-27-18-8-3-9-19-27/h3-15,17-25H,1-2,16,26H2. The molecule has 0 unspecified atom stereocenters. The van der Waals surface area contributed by atoms with E-state index in [4.69, 9.17) is 0 Å². The minimum absolute atomic E-state index is 1.09. The molecule has 0 aromatic heterocycles. The van der Waals surface area contributed by atoms with Gasteiger partial charge in [-0.3, -0.25) is 0 Å². The van der Waals surface area contributed by atoms with E-state index in [1.54, 1.807) is 0 Å². The van der Waals surface area contributed by atoms with Gasteiger partial charge < -0.3 is 0 Å². The maximum atomic E-state index is 4.54. The number of allylic oxidation sites excluding steroid dienone is 1. The van der Waals surface area contributed by atoms with Crippen molar-refractivity contribution in [1.82, 2.24) is 0 Å². The molecule has 4 aromatic rings. The summed E-state index contributed by atoms with van der Waals surface area (Å²) >= 11 is 4.54. The van der Waals surface area contributed by atoms with Crippen LogP contribution in [0, 0.1) is 0 Å². The molecule has 0 aliphatic rings. The van der Waals surface area contributed by atoms with Gasteiger partial charge in [0.1, 0.15) is 0 Å². The van der Waals surface area contributed by atoms with Gasteiger partial charge in [0.05, 0.1) is 0 Å². The van der Waals surface area contributed by atoms with Crippen LogP contribution in [-0.4, -0.2) is 6.16 Å². The van der Waals surface area contributed by atoms with Crippen LogP contribution in [-0.2, 0) is 0 Å². The zero-order valence-corrected chi connectivity index (χ0v) is 20.8. The Labute approximate surface area is 200 Å². The van der Waals surface area contributed by atoms with Gasteiger partial charge in [-0.05, 0) is 0 Å². The van der Waals surface area contributed by atoms with Crippen LogP contribution in [0.25, 0.3) is 6.08 Å². The van der Waals surface area contributed by atoms with Crippen LogP contribution in [0.5, 0.6) is 0 Å². The molecule has 0 nitrogen and oxygen atoms in total. The van der Waals surface area contributed by atoms with E-state index in [0.29, 0.717) is 0 Å². The molecule has 0 saturated heterocycles. The predicted molar refractivity (Wildman–Crippen MR) is 148 cm³/mol. The van der Waals surface area contributed by atoms with Crippen molar-refractivity contribution in [2.45, 2.75) is 19.3 Å². The van der Waals surface area contributed by atoms with Gasteiger partial charge in [-0.1, -0.05) is 0 Å². The molecular weight excluding hydrogens is 471 g/mol. The van der Waals surface area contributed by atoms with E-state index in [1.807, 2.05) is 0 Å². The Morgan fingerprint density at radius 3 is 1.38 bits per heavy atom. The molecule has 4 aromatic carbocycles. The average molecular weight is 501 g/mol. The quantitative estimate of drug-likeness (QED) is 0.163. The van der Waals surface area contributed by atoms with Crippen molar-refractivity contribution in [2.24, 2.45) is 0 Å². The van der Waals surface area contributed by atoms with Crippen LogP contribution >= 0.6 is 20.8 Å². The molecule has 0 fully saturated rings. The Morgan fingerprint density at radius 1 is 0.531 bits per heavy atom. The number of halogens is 1. The van der Waals surface area contributed by atoms with Crippen molar-refractivity contribution in [3.05, 3.63) is 133 Å². The second-order valence-corrected chi connectivity index (χ2v) is 17.3. The normalized spacial score (nSPS) is 13.0. The van der Waals surface area contributed by atoms with Crippen molar-refractivity contribution in [3.8, 4) is 0 Å². The van der Waals surface area contributed by atoms with E-state index >= 15 is 0 Å². The fraction of sp³-hybridized carbons (Fsp3) is 0.133. The summed E-state index contributed by atoms with van der Waals surface area (Å²) in [6.45, 7) is 0. The van der Waals surface area contributed by atoms with Crippen molar-refractivity contribution >= 4 is 42.8 Å². The molecule has 0 amide bonds. The average Bonchev–Trinajstić information content (AvgIpc) is 2.88. The van der Waals surface area contributed by atoms with Crippen LogP contribution in [0.2, 0.25) is 0 Å². The van der Waals surface area contributed by atoms with Crippen LogP contribution in [0.1, 0.15) is 24.8 Å². The molecule has 0 saturated carbocycles. The first-order valence-electron chi connectivity index (χ1n) is 11.3. The molecule has 0 radical (unpaired) electrons. The zero-order valence-electron chi connectivity index (χ0n) is 18.4. The van der Waals surface area contributed by atoms with E-state index in [9.17, 15) is 0 Å². The second-order valence-electron chi connectivity index (χ2n) is 8.22. The molecule has 0 aliphatic heterocycles. The summed E-state index contributed by atoms with van der Waals surface area (Å²) in [5.74, 6) is 0. The summed E-state index contributed by atoms with van der Waals surface area (Å²) < 4.78 is 0. The molecule has 0 heterocycles. The van der Waals surface area contributed by atoms with Crippen molar-refractivity contribution in [1.29, 1.82) is 0 Å². The summed E-state index contributed by atoms with van der Waals surface area (Å²) in [4.78, 5) is 0. The molecule has 0 aliphatic carbocycles. The summed E-state index contributed by atoms with van der Waals surface area (Å²) in [6, 6.07) is 43.8. The summed E-state index contributed by atoms with van der Waals surface area (Å²) in [5, 5.41) is 1.42. The van der Waals surface area contributed by atoms with Crippen molar-refractivity contribution < 1.29 is 0 Å². The summed E-state index contributed by atoms with van der Waals surface area (Å²) in [7, 11) is 0. The number of unbranched alkanes of at least 4 members (excludes halogenated alkanes) is 2. The van der Waals surface area contributed by atoms with Gasteiger partial charge >= 0.3 is 201 Å². The zero-order chi connectivity index (χ0) is 22.1. The molecule has 2 heteroatoms. The SMILES string of the molecule is BrP(CCCCC=Cc1ccccc1)(c1ccccc1)(c1ccccc1)c1ccccc1. The molecule has 0 spiro atoms. The second kappa shape index (κ2) is 10.4. The fourth-order valence-electron chi connectivity index (χ4n) is 4.51. The molecule has 32 heavy (non-hydrogen) atoms. The Hall–Kier alpha value is -2.47. The Kier molecular flexibility index (Phi) is 7.40. The van der Waals surface area contributed by atoms with Gasteiger partial charge in [0.2, 0.25) is 0 Å². The summed E-state index contributed by atoms with van der Waals surface area (Å²) in [6.07, 6.45) is 9.06. The van der Waals surface area contributed by atoms with Gasteiger partial charge in [-0.25, -0.2) is 0 Å². The molecule has 4 rings (SSSR count). The number of rotatable bonds is 9. The van der Waals surface area contributed by atoms with Gasteiger partial charge in [0, 0.05) is 0 Å². The molecule has 162 valence electrons. The minimum atomic E-state index is -2.77. The van der Waals surface area contributed by atoms with E-state index < -0.39 is 5.31 Å². The van der Waals surface area contributed by atoms with E-state index in [2.05, 4.69) is 149 Å². The van der Waals surface area contributed by atoms with Crippen molar-refractivity contribution in [2.75, 3.05) is 6.16 Å². The van der Waals surface area contributed by atoms with Gasteiger partial charge in [0.25, 0.3) is 0 Å². The molecule has 0 atom stereocenters. The number of benzene rings is 4. The third kappa shape index (κ3) is 4.65. The van der Waals surface area contributed by atoms with E-state index in [1.165, 1.54) is 27.9 Å². The molecule has 0 bridgehead atoms. The first-order chi connectivity index (χ1) is 15.7.